The third kappa shape index (κ3) is 4.54. The maximum Gasteiger partial charge on any atom is 0.0465 e. The largest absolute Gasteiger partial charge is 0.385 e. The van der Waals surface area contributed by atoms with E-state index in [2.05, 4.69) is 41.2 Å². The first-order chi connectivity index (χ1) is 8.60. The van der Waals surface area contributed by atoms with E-state index in [-0.39, 0.29) is 6.04 Å². The molecule has 0 aromatic heterocycles. The monoisotopic (exact) mass is 333 g/mol. The van der Waals surface area contributed by atoms with Gasteiger partial charge in [0.25, 0.3) is 0 Å². The SMILES string of the molecule is CCNC(c1ccc(Br)cc1Cl)C(C)CCOC. The van der Waals surface area contributed by atoms with Crippen molar-refractivity contribution in [1.29, 1.82) is 0 Å². The molecular weight excluding hydrogens is 314 g/mol. The van der Waals surface area contributed by atoms with Crippen LogP contribution in [0.4, 0.5) is 0 Å². The fraction of sp³-hybridized carbons (Fsp3) is 0.571. The number of hydrogen-bond acceptors (Lipinski definition) is 2. The predicted octanol–water partition coefficient (Wildman–Crippen LogP) is 4.43. The summed E-state index contributed by atoms with van der Waals surface area (Å²) in [4.78, 5) is 0. The Hall–Kier alpha value is -0.0900. The van der Waals surface area contributed by atoms with Crippen LogP contribution in [0.3, 0.4) is 0 Å². The Morgan fingerprint density at radius 3 is 2.72 bits per heavy atom. The first-order valence-corrected chi connectivity index (χ1v) is 7.44. The van der Waals surface area contributed by atoms with E-state index in [9.17, 15) is 0 Å². The van der Waals surface area contributed by atoms with Crippen molar-refractivity contribution in [3.05, 3.63) is 33.3 Å². The maximum atomic E-state index is 6.34. The van der Waals surface area contributed by atoms with Crippen molar-refractivity contribution in [2.45, 2.75) is 26.3 Å². The molecular formula is C14H21BrClNO. The van der Waals surface area contributed by atoms with E-state index < -0.39 is 0 Å². The van der Waals surface area contributed by atoms with Crippen molar-refractivity contribution in [2.75, 3.05) is 20.3 Å². The average molecular weight is 335 g/mol. The second-order valence-electron chi connectivity index (χ2n) is 4.46. The lowest BCUT2D eigenvalue weighted by Gasteiger charge is -2.26. The van der Waals surface area contributed by atoms with Gasteiger partial charge < -0.3 is 10.1 Å². The van der Waals surface area contributed by atoms with Crippen molar-refractivity contribution >= 4 is 27.5 Å². The van der Waals surface area contributed by atoms with Gasteiger partial charge in [-0.05, 0) is 36.6 Å². The molecule has 2 unspecified atom stereocenters. The van der Waals surface area contributed by atoms with Crippen LogP contribution in [0, 0.1) is 5.92 Å². The number of methoxy groups -OCH3 is 1. The molecule has 2 nitrogen and oxygen atoms in total. The molecule has 0 heterocycles. The maximum absolute atomic E-state index is 6.34. The second kappa shape index (κ2) is 8.16. The summed E-state index contributed by atoms with van der Waals surface area (Å²) in [7, 11) is 1.74. The molecule has 0 fully saturated rings. The Kier molecular flexibility index (Phi) is 7.23. The highest BCUT2D eigenvalue weighted by Gasteiger charge is 2.20. The molecule has 102 valence electrons. The zero-order valence-corrected chi connectivity index (χ0v) is 13.5. The van der Waals surface area contributed by atoms with Crippen LogP contribution in [0.2, 0.25) is 5.02 Å². The molecule has 0 aliphatic carbocycles. The molecule has 0 aliphatic heterocycles. The van der Waals surface area contributed by atoms with Crippen LogP contribution in [0.25, 0.3) is 0 Å². The first kappa shape index (κ1) is 16.0. The average Bonchev–Trinajstić information content (AvgIpc) is 2.34. The van der Waals surface area contributed by atoms with Gasteiger partial charge in [-0.15, -0.1) is 0 Å². The van der Waals surface area contributed by atoms with Crippen molar-refractivity contribution in [3.63, 3.8) is 0 Å². The summed E-state index contributed by atoms with van der Waals surface area (Å²) >= 11 is 9.78. The van der Waals surface area contributed by atoms with E-state index in [1.807, 2.05) is 12.1 Å². The van der Waals surface area contributed by atoms with Gasteiger partial charge in [-0.25, -0.2) is 0 Å². The zero-order chi connectivity index (χ0) is 13.5. The Balaban J connectivity index is 2.88. The van der Waals surface area contributed by atoms with E-state index in [4.69, 9.17) is 16.3 Å². The van der Waals surface area contributed by atoms with Crippen LogP contribution in [0.5, 0.6) is 0 Å². The van der Waals surface area contributed by atoms with Crippen molar-refractivity contribution < 1.29 is 4.74 Å². The molecule has 0 saturated heterocycles. The van der Waals surface area contributed by atoms with E-state index in [0.717, 1.165) is 34.6 Å². The lowest BCUT2D eigenvalue weighted by molar-refractivity contribution is 0.170. The minimum Gasteiger partial charge on any atom is -0.385 e. The standard InChI is InChI=1S/C14H21BrClNO/c1-4-17-14(10(2)7-8-18-3)12-6-5-11(15)9-13(12)16/h5-6,9-10,14,17H,4,7-8H2,1-3H3. The zero-order valence-electron chi connectivity index (χ0n) is 11.2. The second-order valence-corrected chi connectivity index (χ2v) is 5.78. The predicted molar refractivity (Wildman–Crippen MR) is 81.2 cm³/mol. The van der Waals surface area contributed by atoms with E-state index in [1.165, 1.54) is 0 Å². The van der Waals surface area contributed by atoms with Crippen molar-refractivity contribution in [3.8, 4) is 0 Å². The van der Waals surface area contributed by atoms with Gasteiger partial charge >= 0.3 is 0 Å². The summed E-state index contributed by atoms with van der Waals surface area (Å²) < 4.78 is 6.17. The molecule has 0 amide bonds. The highest BCUT2D eigenvalue weighted by atomic mass is 79.9. The van der Waals surface area contributed by atoms with Crippen LogP contribution in [-0.2, 0) is 4.74 Å². The fourth-order valence-corrected chi connectivity index (χ4v) is 2.85. The number of ether oxygens (including phenoxy) is 1. The molecule has 0 bridgehead atoms. The van der Waals surface area contributed by atoms with Gasteiger partial charge in [-0.1, -0.05) is 47.4 Å². The number of hydrogen-bond donors (Lipinski definition) is 1. The van der Waals surface area contributed by atoms with Crippen LogP contribution in [0.1, 0.15) is 31.9 Å². The molecule has 0 spiro atoms. The number of rotatable bonds is 7. The summed E-state index contributed by atoms with van der Waals surface area (Å²) in [5, 5.41) is 4.32. The van der Waals surface area contributed by atoms with Gasteiger partial charge in [0.1, 0.15) is 0 Å². The molecule has 1 rings (SSSR count). The summed E-state index contributed by atoms with van der Waals surface area (Å²) in [6.07, 6.45) is 1.01. The van der Waals surface area contributed by atoms with Crippen LogP contribution >= 0.6 is 27.5 Å². The molecule has 2 atom stereocenters. The Bertz CT molecular complexity index is 373. The lowest BCUT2D eigenvalue weighted by Crippen LogP contribution is -2.27. The van der Waals surface area contributed by atoms with Crippen molar-refractivity contribution in [2.24, 2.45) is 5.92 Å². The molecule has 18 heavy (non-hydrogen) atoms. The highest BCUT2D eigenvalue weighted by molar-refractivity contribution is 9.10. The molecule has 4 heteroatoms. The number of benzene rings is 1. The van der Waals surface area contributed by atoms with E-state index in [1.54, 1.807) is 7.11 Å². The molecule has 1 N–H and O–H groups in total. The molecule has 0 aliphatic rings. The Morgan fingerprint density at radius 2 is 2.17 bits per heavy atom. The molecule has 1 aromatic carbocycles. The van der Waals surface area contributed by atoms with E-state index >= 15 is 0 Å². The van der Waals surface area contributed by atoms with Crippen LogP contribution < -0.4 is 5.32 Å². The third-order valence-electron chi connectivity index (χ3n) is 3.07. The van der Waals surface area contributed by atoms with Crippen molar-refractivity contribution in [1.82, 2.24) is 5.32 Å². The van der Waals surface area contributed by atoms with Gasteiger partial charge in [0.2, 0.25) is 0 Å². The fourth-order valence-electron chi connectivity index (χ4n) is 2.06. The quantitative estimate of drug-likeness (QED) is 0.796. The minimum atomic E-state index is 0.269. The molecule has 0 radical (unpaired) electrons. The van der Waals surface area contributed by atoms with Gasteiger partial charge in [0.05, 0.1) is 0 Å². The first-order valence-electron chi connectivity index (χ1n) is 6.27. The summed E-state index contributed by atoms with van der Waals surface area (Å²) in [5.74, 6) is 0.476. The van der Waals surface area contributed by atoms with E-state index in [0.29, 0.717) is 5.92 Å². The van der Waals surface area contributed by atoms with Gasteiger partial charge in [0, 0.05) is 29.3 Å². The smallest absolute Gasteiger partial charge is 0.0465 e. The summed E-state index contributed by atoms with van der Waals surface area (Å²) in [5.41, 5.74) is 1.16. The molecule has 0 saturated carbocycles. The van der Waals surface area contributed by atoms with Crippen LogP contribution in [-0.4, -0.2) is 20.3 Å². The molecule has 1 aromatic rings. The number of nitrogens with one attached hydrogen (secondary N) is 1. The lowest BCUT2D eigenvalue weighted by atomic mass is 9.92. The summed E-state index contributed by atoms with van der Waals surface area (Å²) in [6.45, 7) is 6.04. The Morgan fingerprint density at radius 1 is 1.44 bits per heavy atom. The van der Waals surface area contributed by atoms with Gasteiger partial charge in [0.15, 0.2) is 0 Å². The third-order valence-corrected chi connectivity index (χ3v) is 3.89. The summed E-state index contributed by atoms with van der Waals surface area (Å²) in [6, 6.07) is 6.34. The number of halogens is 2. The minimum absolute atomic E-state index is 0.269. The van der Waals surface area contributed by atoms with Gasteiger partial charge in [-0.2, -0.15) is 0 Å². The normalized spacial score (nSPS) is 14.5. The Labute approximate surface area is 123 Å². The van der Waals surface area contributed by atoms with Gasteiger partial charge in [-0.3, -0.25) is 0 Å². The highest BCUT2D eigenvalue weighted by Crippen LogP contribution is 2.31. The van der Waals surface area contributed by atoms with Crippen LogP contribution in [0.15, 0.2) is 22.7 Å². The topological polar surface area (TPSA) is 21.3 Å².